The van der Waals surface area contributed by atoms with E-state index in [-0.39, 0.29) is 18.3 Å². The van der Waals surface area contributed by atoms with Crippen LogP contribution in [-0.4, -0.2) is 18.8 Å². The molecule has 0 radical (unpaired) electrons. The van der Waals surface area contributed by atoms with E-state index in [2.05, 4.69) is 15.9 Å². The molecule has 0 spiro atoms. The van der Waals surface area contributed by atoms with Crippen molar-refractivity contribution in [1.29, 1.82) is 0 Å². The molecule has 0 amide bonds. The molecule has 2 rings (SSSR count). The third-order valence-electron chi connectivity index (χ3n) is 3.46. The van der Waals surface area contributed by atoms with Gasteiger partial charge >= 0.3 is 0 Å². The molecule has 0 saturated carbocycles. The molecule has 2 aromatic rings. The number of hydrogen-bond donors (Lipinski definition) is 1. The van der Waals surface area contributed by atoms with Gasteiger partial charge < -0.3 is 9.84 Å². The smallest absolute Gasteiger partial charge is 0.123 e. The second kappa shape index (κ2) is 7.57. The van der Waals surface area contributed by atoms with E-state index in [0.717, 1.165) is 27.8 Å². The van der Waals surface area contributed by atoms with Gasteiger partial charge in [-0.05, 0) is 60.2 Å². The van der Waals surface area contributed by atoms with Crippen LogP contribution in [0.25, 0.3) is 0 Å². The van der Waals surface area contributed by atoms with Crippen LogP contribution in [0.2, 0.25) is 0 Å². The zero-order valence-electron chi connectivity index (χ0n) is 11.9. The molecular formula is C17H18BrFO2. The zero-order chi connectivity index (χ0) is 15.2. The lowest BCUT2D eigenvalue weighted by Gasteiger charge is -2.16. The van der Waals surface area contributed by atoms with Crippen LogP contribution in [-0.2, 0) is 12.8 Å². The molecule has 0 heterocycles. The van der Waals surface area contributed by atoms with Crippen molar-refractivity contribution in [3.05, 3.63) is 63.9 Å². The first-order valence-electron chi connectivity index (χ1n) is 6.80. The SMILES string of the molecule is COc1ccc(Br)c(CC(CO)Cc2ccc(F)cc2)c1. The zero-order valence-corrected chi connectivity index (χ0v) is 13.4. The summed E-state index contributed by atoms with van der Waals surface area (Å²) in [5.74, 6) is 0.639. The van der Waals surface area contributed by atoms with E-state index in [0.29, 0.717) is 6.42 Å². The number of rotatable bonds is 6. The summed E-state index contributed by atoms with van der Waals surface area (Å²) in [7, 11) is 1.63. The second-order valence-electron chi connectivity index (χ2n) is 5.04. The maximum Gasteiger partial charge on any atom is 0.123 e. The Kier molecular flexibility index (Phi) is 5.76. The van der Waals surface area contributed by atoms with E-state index in [1.807, 2.05) is 18.2 Å². The van der Waals surface area contributed by atoms with Crippen LogP contribution in [0.5, 0.6) is 5.75 Å². The number of halogens is 2. The minimum absolute atomic E-state index is 0.0823. The molecule has 2 aromatic carbocycles. The molecule has 21 heavy (non-hydrogen) atoms. The molecule has 0 aliphatic rings. The monoisotopic (exact) mass is 352 g/mol. The number of ether oxygens (including phenoxy) is 1. The summed E-state index contributed by atoms with van der Waals surface area (Å²) < 4.78 is 19.2. The number of aliphatic hydroxyl groups excluding tert-OH is 1. The second-order valence-corrected chi connectivity index (χ2v) is 5.89. The van der Waals surface area contributed by atoms with Crippen molar-refractivity contribution in [2.24, 2.45) is 5.92 Å². The standard InChI is InChI=1S/C17H18BrFO2/c1-21-16-6-7-17(18)14(10-16)9-13(11-20)8-12-2-4-15(19)5-3-12/h2-7,10,13,20H,8-9,11H2,1H3. The van der Waals surface area contributed by atoms with E-state index in [1.54, 1.807) is 19.2 Å². The summed E-state index contributed by atoms with van der Waals surface area (Å²) in [6.07, 6.45) is 1.44. The van der Waals surface area contributed by atoms with Gasteiger partial charge in [-0.2, -0.15) is 0 Å². The van der Waals surface area contributed by atoms with E-state index in [1.165, 1.54) is 12.1 Å². The van der Waals surface area contributed by atoms with Crippen molar-refractivity contribution >= 4 is 15.9 Å². The normalized spacial score (nSPS) is 12.2. The molecule has 0 bridgehead atoms. The number of methoxy groups -OCH3 is 1. The van der Waals surface area contributed by atoms with Gasteiger partial charge in [0.15, 0.2) is 0 Å². The number of benzene rings is 2. The van der Waals surface area contributed by atoms with Crippen molar-refractivity contribution in [3.63, 3.8) is 0 Å². The van der Waals surface area contributed by atoms with Crippen molar-refractivity contribution in [1.82, 2.24) is 0 Å². The fourth-order valence-electron chi connectivity index (χ4n) is 2.30. The summed E-state index contributed by atoms with van der Waals surface area (Å²) in [4.78, 5) is 0. The van der Waals surface area contributed by atoms with Crippen LogP contribution in [0, 0.1) is 11.7 Å². The molecule has 0 fully saturated rings. The van der Waals surface area contributed by atoms with Crippen LogP contribution >= 0.6 is 15.9 Å². The van der Waals surface area contributed by atoms with Crippen molar-refractivity contribution < 1.29 is 14.2 Å². The molecule has 112 valence electrons. The third-order valence-corrected chi connectivity index (χ3v) is 4.23. The highest BCUT2D eigenvalue weighted by Gasteiger charge is 2.13. The van der Waals surface area contributed by atoms with Gasteiger partial charge in [-0.25, -0.2) is 4.39 Å². The Balaban J connectivity index is 2.10. The van der Waals surface area contributed by atoms with Crippen LogP contribution in [0.4, 0.5) is 4.39 Å². The number of aliphatic hydroxyl groups is 1. The minimum atomic E-state index is -0.241. The highest BCUT2D eigenvalue weighted by Crippen LogP contribution is 2.26. The molecule has 1 atom stereocenters. The predicted molar refractivity (Wildman–Crippen MR) is 85.1 cm³/mol. The summed E-state index contributed by atoms with van der Waals surface area (Å²) in [6, 6.07) is 12.2. The van der Waals surface area contributed by atoms with Crippen LogP contribution < -0.4 is 4.74 Å². The van der Waals surface area contributed by atoms with Gasteiger partial charge in [0.1, 0.15) is 11.6 Å². The maximum absolute atomic E-state index is 12.9. The van der Waals surface area contributed by atoms with E-state index < -0.39 is 0 Å². The first-order chi connectivity index (χ1) is 10.1. The summed E-state index contributed by atoms with van der Waals surface area (Å²) in [6.45, 7) is 0.0844. The molecule has 4 heteroatoms. The maximum atomic E-state index is 12.9. The van der Waals surface area contributed by atoms with Crippen LogP contribution in [0.15, 0.2) is 46.9 Å². The largest absolute Gasteiger partial charge is 0.497 e. The van der Waals surface area contributed by atoms with Gasteiger partial charge in [0.25, 0.3) is 0 Å². The lowest BCUT2D eigenvalue weighted by molar-refractivity contribution is 0.224. The highest BCUT2D eigenvalue weighted by molar-refractivity contribution is 9.10. The van der Waals surface area contributed by atoms with Gasteiger partial charge in [-0.1, -0.05) is 28.1 Å². The lowest BCUT2D eigenvalue weighted by Crippen LogP contribution is -2.13. The Morgan fingerprint density at radius 3 is 2.48 bits per heavy atom. The Hall–Kier alpha value is -1.39. The first kappa shape index (κ1) is 16.0. The minimum Gasteiger partial charge on any atom is -0.497 e. The summed E-state index contributed by atoms with van der Waals surface area (Å²) in [5, 5.41) is 9.60. The van der Waals surface area contributed by atoms with Crippen LogP contribution in [0.3, 0.4) is 0 Å². The molecule has 0 saturated heterocycles. The van der Waals surface area contributed by atoms with Crippen LogP contribution in [0.1, 0.15) is 11.1 Å². The topological polar surface area (TPSA) is 29.5 Å². The Morgan fingerprint density at radius 2 is 1.86 bits per heavy atom. The average molecular weight is 353 g/mol. The molecule has 0 aliphatic heterocycles. The molecule has 0 aromatic heterocycles. The van der Waals surface area contributed by atoms with Gasteiger partial charge in [0.2, 0.25) is 0 Å². The Labute approximate surface area is 132 Å². The Bertz CT molecular complexity index is 584. The van der Waals surface area contributed by atoms with Gasteiger partial charge in [-0.15, -0.1) is 0 Å². The fraction of sp³-hybridized carbons (Fsp3) is 0.294. The third kappa shape index (κ3) is 4.55. The molecule has 1 N–H and O–H groups in total. The predicted octanol–water partition coefficient (Wildman–Crippen LogP) is 3.99. The quantitative estimate of drug-likeness (QED) is 0.851. The summed E-state index contributed by atoms with van der Waals surface area (Å²) >= 11 is 3.53. The number of hydrogen-bond acceptors (Lipinski definition) is 2. The van der Waals surface area contributed by atoms with E-state index in [9.17, 15) is 9.50 Å². The average Bonchev–Trinajstić information content (AvgIpc) is 2.50. The summed E-state index contributed by atoms with van der Waals surface area (Å²) in [5.41, 5.74) is 2.12. The fourth-order valence-corrected chi connectivity index (χ4v) is 2.71. The van der Waals surface area contributed by atoms with Gasteiger partial charge in [0, 0.05) is 11.1 Å². The highest BCUT2D eigenvalue weighted by atomic mass is 79.9. The molecule has 0 aliphatic carbocycles. The molecule has 2 nitrogen and oxygen atoms in total. The molecular weight excluding hydrogens is 335 g/mol. The van der Waals surface area contributed by atoms with Crippen molar-refractivity contribution in [2.75, 3.05) is 13.7 Å². The van der Waals surface area contributed by atoms with Crippen molar-refractivity contribution in [3.8, 4) is 5.75 Å². The van der Waals surface area contributed by atoms with Gasteiger partial charge in [0.05, 0.1) is 7.11 Å². The lowest BCUT2D eigenvalue weighted by atomic mass is 9.93. The Morgan fingerprint density at radius 1 is 1.14 bits per heavy atom. The van der Waals surface area contributed by atoms with Gasteiger partial charge in [-0.3, -0.25) is 0 Å². The van der Waals surface area contributed by atoms with E-state index in [4.69, 9.17) is 4.74 Å². The van der Waals surface area contributed by atoms with Crippen molar-refractivity contribution in [2.45, 2.75) is 12.8 Å². The molecule has 1 unspecified atom stereocenters. The van der Waals surface area contributed by atoms with E-state index >= 15 is 0 Å². The first-order valence-corrected chi connectivity index (χ1v) is 7.59.